The van der Waals surface area contributed by atoms with E-state index in [1.807, 2.05) is 30.3 Å². The number of hydrogen-bond donors (Lipinski definition) is 0. The van der Waals surface area contributed by atoms with Gasteiger partial charge >= 0.3 is 6.36 Å². The van der Waals surface area contributed by atoms with E-state index in [0.29, 0.717) is 5.56 Å². The number of ether oxygens (including phenoxy) is 2. The van der Waals surface area contributed by atoms with Gasteiger partial charge in [0.05, 0.1) is 6.54 Å². The standard InChI is InChI=1S/C19H14BrF3N2O3/c20-16-17(27-11-14-4-2-1-3-5-14)24-12-25(18(16)26)10-13-6-8-15(9-7-13)28-19(21,22)23/h1-9,12H,10-11H2. The molecule has 0 atom stereocenters. The van der Waals surface area contributed by atoms with Gasteiger partial charge in [0.25, 0.3) is 5.56 Å². The van der Waals surface area contributed by atoms with E-state index in [1.165, 1.54) is 35.2 Å². The average molecular weight is 455 g/mol. The highest BCUT2D eigenvalue weighted by molar-refractivity contribution is 9.10. The smallest absolute Gasteiger partial charge is 0.472 e. The minimum Gasteiger partial charge on any atom is -0.472 e. The lowest BCUT2D eigenvalue weighted by molar-refractivity contribution is -0.274. The van der Waals surface area contributed by atoms with Crippen molar-refractivity contribution < 1.29 is 22.6 Å². The fourth-order valence-electron chi connectivity index (χ4n) is 2.38. The summed E-state index contributed by atoms with van der Waals surface area (Å²) in [6.45, 7) is 0.395. The summed E-state index contributed by atoms with van der Waals surface area (Å²) in [6.07, 6.45) is -3.42. The molecule has 2 aromatic carbocycles. The van der Waals surface area contributed by atoms with Gasteiger partial charge in [0.1, 0.15) is 23.2 Å². The van der Waals surface area contributed by atoms with Crippen LogP contribution in [0.2, 0.25) is 0 Å². The van der Waals surface area contributed by atoms with Gasteiger partial charge in [-0.2, -0.15) is 0 Å². The Morgan fingerprint density at radius 3 is 2.32 bits per heavy atom. The van der Waals surface area contributed by atoms with E-state index in [2.05, 4.69) is 25.7 Å². The highest BCUT2D eigenvalue weighted by atomic mass is 79.9. The van der Waals surface area contributed by atoms with Crippen molar-refractivity contribution in [3.8, 4) is 11.6 Å². The van der Waals surface area contributed by atoms with Gasteiger partial charge in [-0.15, -0.1) is 13.2 Å². The third-order valence-electron chi connectivity index (χ3n) is 3.68. The molecule has 0 spiro atoms. The summed E-state index contributed by atoms with van der Waals surface area (Å²) in [5, 5.41) is 0. The summed E-state index contributed by atoms with van der Waals surface area (Å²) in [5.74, 6) is -0.161. The van der Waals surface area contributed by atoms with Crippen LogP contribution in [0.1, 0.15) is 11.1 Å². The van der Waals surface area contributed by atoms with Gasteiger partial charge < -0.3 is 9.47 Å². The molecule has 5 nitrogen and oxygen atoms in total. The zero-order valence-corrected chi connectivity index (χ0v) is 15.9. The van der Waals surface area contributed by atoms with Gasteiger partial charge in [0, 0.05) is 0 Å². The van der Waals surface area contributed by atoms with Crippen LogP contribution in [0.3, 0.4) is 0 Å². The quantitative estimate of drug-likeness (QED) is 0.548. The van der Waals surface area contributed by atoms with E-state index in [9.17, 15) is 18.0 Å². The number of aromatic nitrogens is 2. The van der Waals surface area contributed by atoms with Crippen molar-refractivity contribution in [3.05, 3.63) is 86.9 Å². The summed E-state index contributed by atoms with van der Waals surface area (Å²) in [6, 6.07) is 14.7. The number of nitrogens with zero attached hydrogens (tertiary/aromatic N) is 2. The van der Waals surface area contributed by atoms with Crippen LogP contribution in [0.15, 0.2) is 70.2 Å². The van der Waals surface area contributed by atoms with Crippen molar-refractivity contribution in [1.82, 2.24) is 9.55 Å². The van der Waals surface area contributed by atoms with Crippen molar-refractivity contribution in [2.75, 3.05) is 0 Å². The Kier molecular flexibility index (Phi) is 6.03. The molecule has 0 radical (unpaired) electrons. The lowest BCUT2D eigenvalue weighted by Crippen LogP contribution is -2.22. The monoisotopic (exact) mass is 454 g/mol. The van der Waals surface area contributed by atoms with E-state index in [0.717, 1.165) is 5.56 Å². The number of hydrogen-bond acceptors (Lipinski definition) is 4. The molecule has 0 saturated carbocycles. The van der Waals surface area contributed by atoms with Crippen LogP contribution in [0.5, 0.6) is 11.6 Å². The van der Waals surface area contributed by atoms with Gasteiger partial charge in [0.15, 0.2) is 0 Å². The highest BCUT2D eigenvalue weighted by Crippen LogP contribution is 2.23. The van der Waals surface area contributed by atoms with Crippen LogP contribution >= 0.6 is 15.9 Å². The first-order chi connectivity index (χ1) is 13.3. The summed E-state index contributed by atoms with van der Waals surface area (Å²) < 4.78 is 47.5. The molecular formula is C19H14BrF3N2O3. The van der Waals surface area contributed by atoms with Crippen molar-refractivity contribution in [2.24, 2.45) is 0 Å². The van der Waals surface area contributed by atoms with Gasteiger partial charge in [-0.25, -0.2) is 4.98 Å². The molecule has 0 unspecified atom stereocenters. The predicted octanol–water partition coefficient (Wildman–Crippen LogP) is 4.53. The molecule has 146 valence electrons. The van der Waals surface area contributed by atoms with E-state index in [4.69, 9.17) is 4.74 Å². The summed E-state index contributed by atoms with van der Waals surface area (Å²) in [5.41, 5.74) is 1.18. The Morgan fingerprint density at radius 1 is 1.00 bits per heavy atom. The molecule has 0 fully saturated rings. The second-order valence-corrected chi connectivity index (χ2v) is 6.56. The molecule has 1 heterocycles. The number of alkyl halides is 3. The van der Waals surface area contributed by atoms with Gasteiger partial charge in [-0.3, -0.25) is 9.36 Å². The van der Waals surface area contributed by atoms with E-state index in [-0.39, 0.29) is 34.8 Å². The third-order valence-corrected chi connectivity index (χ3v) is 4.36. The van der Waals surface area contributed by atoms with Crippen LogP contribution in [-0.4, -0.2) is 15.9 Å². The second-order valence-electron chi connectivity index (χ2n) is 5.76. The third kappa shape index (κ3) is 5.35. The van der Waals surface area contributed by atoms with Gasteiger partial charge in [0.2, 0.25) is 5.88 Å². The maximum Gasteiger partial charge on any atom is 0.573 e. The molecule has 9 heteroatoms. The van der Waals surface area contributed by atoms with Crippen molar-refractivity contribution in [3.63, 3.8) is 0 Å². The Bertz CT molecular complexity index is 990. The Labute approximate surface area is 166 Å². The normalized spacial score (nSPS) is 11.3. The van der Waals surface area contributed by atoms with Crippen molar-refractivity contribution in [2.45, 2.75) is 19.5 Å². The Morgan fingerprint density at radius 2 is 1.68 bits per heavy atom. The molecule has 3 rings (SSSR count). The van der Waals surface area contributed by atoms with E-state index >= 15 is 0 Å². The van der Waals surface area contributed by atoms with Crippen molar-refractivity contribution >= 4 is 15.9 Å². The molecule has 0 aliphatic heterocycles. The second kappa shape index (κ2) is 8.47. The summed E-state index contributed by atoms with van der Waals surface area (Å²) in [4.78, 5) is 16.6. The molecule has 3 aromatic rings. The molecule has 28 heavy (non-hydrogen) atoms. The van der Waals surface area contributed by atoms with E-state index < -0.39 is 6.36 Å². The maximum atomic E-state index is 12.5. The van der Waals surface area contributed by atoms with Crippen LogP contribution in [0.25, 0.3) is 0 Å². The molecular weight excluding hydrogens is 441 g/mol. The molecule has 0 aliphatic rings. The number of halogens is 4. The SMILES string of the molecule is O=c1c(Br)c(OCc2ccccc2)ncn1Cc1ccc(OC(F)(F)F)cc1. The largest absolute Gasteiger partial charge is 0.573 e. The van der Waals surface area contributed by atoms with Crippen LogP contribution < -0.4 is 15.0 Å². The predicted molar refractivity (Wildman–Crippen MR) is 99.2 cm³/mol. The fraction of sp³-hybridized carbons (Fsp3) is 0.158. The highest BCUT2D eigenvalue weighted by Gasteiger charge is 2.30. The minimum atomic E-state index is -4.75. The van der Waals surface area contributed by atoms with E-state index in [1.54, 1.807) is 0 Å². The van der Waals surface area contributed by atoms with Crippen LogP contribution in [-0.2, 0) is 13.2 Å². The first-order valence-corrected chi connectivity index (χ1v) is 8.87. The first kappa shape index (κ1) is 19.9. The molecule has 0 N–H and O–H groups in total. The minimum absolute atomic E-state index is 0.135. The van der Waals surface area contributed by atoms with Crippen LogP contribution in [0.4, 0.5) is 13.2 Å². The molecule has 0 aliphatic carbocycles. The number of rotatable bonds is 6. The lowest BCUT2D eigenvalue weighted by atomic mass is 10.2. The fourth-order valence-corrected chi connectivity index (χ4v) is 2.83. The molecule has 1 aromatic heterocycles. The maximum absolute atomic E-state index is 12.5. The molecule has 0 saturated heterocycles. The topological polar surface area (TPSA) is 53.3 Å². The molecule has 0 amide bonds. The van der Waals surface area contributed by atoms with Crippen molar-refractivity contribution in [1.29, 1.82) is 0 Å². The van der Waals surface area contributed by atoms with Gasteiger partial charge in [-0.05, 0) is 39.2 Å². The molecule has 0 bridgehead atoms. The average Bonchev–Trinajstić information content (AvgIpc) is 2.66. The summed E-state index contributed by atoms with van der Waals surface area (Å²) >= 11 is 3.20. The number of benzene rings is 2. The zero-order valence-electron chi connectivity index (χ0n) is 14.3. The summed E-state index contributed by atoms with van der Waals surface area (Å²) in [7, 11) is 0. The van der Waals surface area contributed by atoms with Gasteiger partial charge in [-0.1, -0.05) is 42.5 Å². The lowest BCUT2D eigenvalue weighted by Gasteiger charge is -2.11. The Balaban J connectivity index is 1.69. The zero-order chi connectivity index (χ0) is 20.1. The van der Waals surface area contributed by atoms with Crippen LogP contribution in [0, 0.1) is 0 Å². The first-order valence-electron chi connectivity index (χ1n) is 8.08. The Hall–Kier alpha value is -2.81.